The minimum Gasteiger partial charge on any atom is -0.456 e. The monoisotopic (exact) mass is 793 g/mol. The molecular weight excluding hydrogens is 759 g/mol. The van der Waals surface area contributed by atoms with Crippen LogP contribution in [0.25, 0.3) is 110 Å². The third-order valence-corrected chi connectivity index (χ3v) is 12.5. The highest BCUT2D eigenvalue weighted by atomic mass is 16.3. The molecule has 62 heavy (non-hydrogen) atoms. The van der Waals surface area contributed by atoms with E-state index >= 15 is 0 Å². The Morgan fingerprint density at radius 3 is 1.40 bits per heavy atom. The molecule has 0 saturated carbocycles. The van der Waals surface area contributed by atoms with E-state index in [0.29, 0.717) is 0 Å². The lowest BCUT2D eigenvalue weighted by molar-refractivity contribution is 0.668. The Labute approximate surface area is 356 Å². The van der Waals surface area contributed by atoms with Crippen molar-refractivity contribution >= 4 is 93.7 Å². The molecule has 4 heteroatoms. The van der Waals surface area contributed by atoms with Gasteiger partial charge in [-0.2, -0.15) is 0 Å². The Bertz CT molecular complexity index is 3870. The van der Waals surface area contributed by atoms with Crippen LogP contribution in [0, 0.1) is 0 Å². The SMILES string of the molecule is c1ccc(N(c2ccc(-c3ccc4c(c3)oc3ccccc34)cc2)c2ccc(-c3ccc4oc5ccccc5c4c3)cc2)c(-c2ccc3oc4cc5ccccc5cc4c3c2)c1. The van der Waals surface area contributed by atoms with Crippen molar-refractivity contribution in [3.8, 4) is 33.4 Å². The summed E-state index contributed by atoms with van der Waals surface area (Å²) in [5.41, 5.74) is 15.3. The van der Waals surface area contributed by atoms with Gasteiger partial charge in [0.05, 0.1) is 5.69 Å². The lowest BCUT2D eigenvalue weighted by Crippen LogP contribution is -2.11. The van der Waals surface area contributed by atoms with Gasteiger partial charge in [-0.1, -0.05) is 121 Å². The molecule has 0 amide bonds. The predicted octanol–water partition coefficient (Wildman–Crippen LogP) is 17.0. The Balaban J connectivity index is 0.934. The van der Waals surface area contributed by atoms with Gasteiger partial charge in [-0.15, -0.1) is 0 Å². The van der Waals surface area contributed by atoms with E-state index in [2.05, 4.69) is 193 Å². The van der Waals surface area contributed by atoms with Crippen LogP contribution in [0.1, 0.15) is 0 Å². The predicted molar refractivity (Wildman–Crippen MR) is 257 cm³/mol. The normalized spacial score (nSPS) is 11.9. The summed E-state index contributed by atoms with van der Waals surface area (Å²) in [4.78, 5) is 2.36. The molecule has 0 saturated heterocycles. The number of anilines is 3. The van der Waals surface area contributed by atoms with Crippen LogP contribution in [0.3, 0.4) is 0 Å². The number of hydrogen-bond acceptors (Lipinski definition) is 4. The summed E-state index contributed by atoms with van der Waals surface area (Å²) < 4.78 is 18.8. The molecule has 0 bridgehead atoms. The second-order valence-electron chi connectivity index (χ2n) is 16.1. The van der Waals surface area contributed by atoms with E-state index < -0.39 is 0 Å². The largest absolute Gasteiger partial charge is 0.456 e. The summed E-state index contributed by atoms with van der Waals surface area (Å²) in [7, 11) is 0. The van der Waals surface area contributed by atoms with Crippen molar-refractivity contribution in [2.24, 2.45) is 0 Å². The highest BCUT2D eigenvalue weighted by Crippen LogP contribution is 2.44. The molecule has 13 rings (SSSR count). The van der Waals surface area contributed by atoms with E-state index in [0.717, 1.165) is 116 Å². The van der Waals surface area contributed by atoms with Crippen LogP contribution in [0.4, 0.5) is 17.1 Å². The minimum absolute atomic E-state index is 0.877. The number of para-hydroxylation sites is 3. The first kappa shape index (κ1) is 34.5. The van der Waals surface area contributed by atoms with Crippen molar-refractivity contribution in [1.82, 2.24) is 0 Å². The van der Waals surface area contributed by atoms with Gasteiger partial charge in [-0.25, -0.2) is 0 Å². The number of nitrogens with zero attached hydrogens (tertiary/aromatic N) is 1. The van der Waals surface area contributed by atoms with Gasteiger partial charge in [0, 0.05) is 49.3 Å². The van der Waals surface area contributed by atoms with E-state index in [1.165, 1.54) is 10.8 Å². The summed E-state index contributed by atoms with van der Waals surface area (Å²) in [6, 6.07) is 75.3. The minimum atomic E-state index is 0.877. The number of furan rings is 3. The van der Waals surface area contributed by atoms with Crippen molar-refractivity contribution in [3.05, 3.63) is 212 Å². The first-order chi connectivity index (χ1) is 30.7. The molecule has 3 heterocycles. The summed E-state index contributed by atoms with van der Waals surface area (Å²) in [5, 5.41) is 9.08. The van der Waals surface area contributed by atoms with Crippen LogP contribution in [-0.2, 0) is 0 Å². The van der Waals surface area contributed by atoms with E-state index in [9.17, 15) is 0 Å². The molecule has 10 aromatic carbocycles. The standard InChI is InChI=1S/C58H35NO3/c1-2-10-39-34-58-51(31-38(39)9-1)50-33-42(23-30-56(50)62-58)45-11-3-6-14-52(45)59(43-24-17-36(18-25-43)40-22-29-55-49(32-40)47-13-5-8-16-54(47)60-55)44-26-19-37(20-27-44)41-21-28-48-46-12-4-7-15-53(46)61-57(48)35-41/h1-35H. The molecule has 0 unspecified atom stereocenters. The Morgan fingerprint density at radius 2 is 0.694 bits per heavy atom. The molecule has 0 aliphatic carbocycles. The molecule has 0 aliphatic rings. The molecule has 13 aromatic rings. The van der Waals surface area contributed by atoms with Crippen LogP contribution >= 0.6 is 0 Å². The maximum absolute atomic E-state index is 6.42. The van der Waals surface area contributed by atoms with Crippen molar-refractivity contribution in [3.63, 3.8) is 0 Å². The zero-order chi connectivity index (χ0) is 40.7. The average molecular weight is 794 g/mol. The molecule has 0 N–H and O–H groups in total. The molecule has 0 atom stereocenters. The Kier molecular flexibility index (Phi) is 7.57. The van der Waals surface area contributed by atoms with Crippen LogP contribution in [0.15, 0.2) is 226 Å². The van der Waals surface area contributed by atoms with E-state index in [1.807, 2.05) is 24.3 Å². The highest BCUT2D eigenvalue weighted by molar-refractivity contribution is 6.12. The average Bonchev–Trinajstić information content (AvgIpc) is 4.01. The van der Waals surface area contributed by atoms with Gasteiger partial charge in [0.25, 0.3) is 0 Å². The van der Waals surface area contributed by atoms with Crippen molar-refractivity contribution in [2.75, 3.05) is 4.90 Å². The van der Waals surface area contributed by atoms with E-state index in [4.69, 9.17) is 13.3 Å². The van der Waals surface area contributed by atoms with Gasteiger partial charge >= 0.3 is 0 Å². The van der Waals surface area contributed by atoms with Gasteiger partial charge in [0.15, 0.2) is 0 Å². The van der Waals surface area contributed by atoms with E-state index in [-0.39, 0.29) is 0 Å². The zero-order valence-corrected chi connectivity index (χ0v) is 33.4. The number of hydrogen-bond donors (Lipinski definition) is 0. The Hall–Kier alpha value is -8.34. The van der Waals surface area contributed by atoms with Crippen LogP contribution in [-0.4, -0.2) is 0 Å². The summed E-state index contributed by atoms with van der Waals surface area (Å²) in [6.45, 7) is 0. The van der Waals surface area contributed by atoms with Gasteiger partial charge in [-0.05, 0) is 130 Å². The quantitative estimate of drug-likeness (QED) is 0.168. The molecule has 0 fully saturated rings. The van der Waals surface area contributed by atoms with Crippen molar-refractivity contribution < 1.29 is 13.3 Å². The van der Waals surface area contributed by atoms with Crippen LogP contribution in [0.5, 0.6) is 0 Å². The van der Waals surface area contributed by atoms with Crippen LogP contribution in [0.2, 0.25) is 0 Å². The van der Waals surface area contributed by atoms with Gasteiger partial charge < -0.3 is 18.2 Å². The molecule has 0 spiro atoms. The smallest absolute Gasteiger partial charge is 0.136 e. The fourth-order valence-electron chi connectivity index (χ4n) is 9.39. The first-order valence-corrected chi connectivity index (χ1v) is 21.0. The highest BCUT2D eigenvalue weighted by Gasteiger charge is 2.20. The Morgan fingerprint density at radius 1 is 0.258 bits per heavy atom. The number of fused-ring (bicyclic) bond motifs is 10. The fraction of sp³-hybridized carbons (Fsp3) is 0. The number of benzene rings is 10. The van der Waals surface area contributed by atoms with Gasteiger partial charge in [0.2, 0.25) is 0 Å². The molecule has 3 aromatic heterocycles. The second kappa shape index (κ2) is 13.6. The van der Waals surface area contributed by atoms with Gasteiger partial charge in [0.1, 0.15) is 33.5 Å². The van der Waals surface area contributed by atoms with Crippen LogP contribution < -0.4 is 4.90 Å². The molecule has 0 radical (unpaired) electrons. The third kappa shape index (κ3) is 5.54. The molecule has 0 aliphatic heterocycles. The molecular formula is C58H35NO3. The zero-order valence-electron chi connectivity index (χ0n) is 33.4. The maximum atomic E-state index is 6.42. The van der Waals surface area contributed by atoms with Gasteiger partial charge in [-0.3, -0.25) is 0 Å². The first-order valence-electron chi connectivity index (χ1n) is 21.0. The third-order valence-electron chi connectivity index (χ3n) is 12.5. The lowest BCUT2D eigenvalue weighted by atomic mass is 9.98. The topological polar surface area (TPSA) is 42.7 Å². The summed E-state index contributed by atoms with van der Waals surface area (Å²) in [6.07, 6.45) is 0. The molecule has 4 nitrogen and oxygen atoms in total. The second-order valence-corrected chi connectivity index (χ2v) is 16.1. The van der Waals surface area contributed by atoms with E-state index in [1.54, 1.807) is 0 Å². The summed E-state index contributed by atoms with van der Waals surface area (Å²) in [5.74, 6) is 0. The summed E-state index contributed by atoms with van der Waals surface area (Å²) >= 11 is 0. The van der Waals surface area contributed by atoms with Crippen molar-refractivity contribution in [1.29, 1.82) is 0 Å². The number of rotatable bonds is 6. The fourth-order valence-corrected chi connectivity index (χ4v) is 9.39. The maximum Gasteiger partial charge on any atom is 0.136 e. The van der Waals surface area contributed by atoms with Crippen molar-refractivity contribution in [2.45, 2.75) is 0 Å². The molecule has 290 valence electrons. The lowest BCUT2D eigenvalue weighted by Gasteiger charge is -2.28.